The zero-order valence-corrected chi connectivity index (χ0v) is 11.2. The first-order chi connectivity index (χ1) is 7.74. The first kappa shape index (κ1) is 11.7. The lowest BCUT2D eigenvalue weighted by Gasteiger charge is -2.10. The van der Waals surface area contributed by atoms with Gasteiger partial charge in [0.05, 0.1) is 11.6 Å². The quantitative estimate of drug-likeness (QED) is 0.836. The van der Waals surface area contributed by atoms with Crippen LogP contribution in [0.3, 0.4) is 0 Å². The highest BCUT2D eigenvalue weighted by Crippen LogP contribution is 2.36. The van der Waals surface area contributed by atoms with E-state index < -0.39 is 0 Å². The van der Waals surface area contributed by atoms with Gasteiger partial charge in [0.25, 0.3) is 0 Å². The van der Waals surface area contributed by atoms with Crippen molar-refractivity contribution in [3.05, 3.63) is 33.9 Å². The van der Waals surface area contributed by atoms with E-state index in [1.165, 1.54) is 0 Å². The summed E-state index contributed by atoms with van der Waals surface area (Å²) in [6.07, 6.45) is 2.69. The molecule has 0 unspecified atom stereocenters. The van der Waals surface area contributed by atoms with Crippen LogP contribution in [0.2, 0.25) is 5.02 Å². The second kappa shape index (κ2) is 5.02. The van der Waals surface area contributed by atoms with Crippen LogP contribution in [0.4, 0.5) is 0 Å². The van der Waals surface area contributed by atoms with Crippen molar-refractivity contribution in [2.24, 2.45) is 0 Å². The highest BCUT2D eigenvalue weighted by Gasteiger charge is 2.11. The van der Waals surface area contributed by atoms with Crippen molar-refractivity contribution in [1.82, 2.24) is 4.98 Å². The monoisotopic (exact) mass is 299 g/mol. The largest absolute Gasteiger partial charge is 0.490 e. The number of ether oxygens (including phenoxy) is 1. The molecule has 0 aliphatic rings. The Hall–Kier alpha value is -0.800. The third-order valence-electron chi connectivity index (χ3n) is 2.20. The number of hydrogen-bond acceptors (Lipinski definition) is 2. The molecule has 0 saturated carbocycles. The highest BCUT2D eigenvalue weighted by atomic mass is 79.9. The molecule has 0 spiro atoms. The summed E-state index contributed by atoms with van der Waals surface area (Å²) in [5, 5.41) is 1.60. The Balaban J connectivity index is 2.61. The molecule has 1 aromatic heterocycles. The van der Waals surface area contributed by atoms with Crippen LogP contribution in [0.15, 0.2) is 28.9 Å². The van der Waals surface area contributed by atoms with E-state index in [9.17, 15) is 0 Å². The summed E-state index contributed by atoms with van der Waals surface area (Å²) in [5.74, 6) is 0.669. The summed E-state index contributed by atoms with van der Waals surface area (Å²) in [5.41, 5.74) is 0.801. The number of hydrogen-bond donors (Lipinski definition) is 0. The van der Waals surface area contributed by atoms with E-state index >= 15 is 0 Å². The Morgan fingerprint density at radius 2 is 2.31 bits per heavy atom. The minimum absolute atomic E-state index is 0.589. The molecule has 16 heavy (non-hydrogen) atoms. The Morgan fingerprint density at radius 1 is 1.50 bits per heavy atom. The topological polar surface area (TPSA) is 22.1 Å². The van der Waals surface area contributed by atoms with Gasteiger partial charge in [0, 0.05) is 16.1 Å². The molecular formula is C12H11BrClNO. The number of benzene rings is 1. The van der Waals surface area contributed by atoms with Crippen LogP contribution in [-0.2, 0) is 0 Å². The van der Waals surface area contributed by atoms with Gasteiger partial charge in [-0.1, -0.05) is 40.5 Å². The molecule has 0 bridgehead atoms. The lowest BCUT2D eigenvalue weighted by atomic mass is 10.2. The van der Waals surface area contributed by atoms with Crippen molar-refractivity contribution in [2.45, 2.75) is 13.3 Å². The molecule has 2 nitrogen and oxygen atoms in total. The maximum absolute atomic E-state index is 6.15. The first-order valence-electron chi connectivity index (χ1n) is 5.09. The van der Waals surface area contributed by atoms with E-state index in [1.807, 2.05) is 18.2 Å². The van der Waals surface area contributed by atoms with Crippen molar-refractivity contribution in [3.63, 3.8) is 0 Å². The Kier molecular flexibility index (Phi) is 3.66. The summed E-state index contributed by atoms with van der Waals surface area (Å²) in [6.45, 7) is 2.70. The van der Waals surface area contributed by atoms with Crippen LogP contribution >= 0.6 is 27.5 Å². The predicted octanol–water partition coefficient (Wildman–Crippen LogP) is 4.44. The summed E-state index contributed by atoms with van der Waals surface area (Å²) in [7, 11) is 0. The van der Waals surface area contributed by atoms with Gasteiger partial charge in [0.2, 0.25) is 0 Å². The van der Waals surface area contributed by atoms with E-state index in [1.54, 1.807) is 6.20 Å². The van der Waals surface area contributed by atoms with Crippen LogP contribution < -0.4 is 4.74 Å². The molecule has 2 rings (SSSR count). The molecular weight excluding hydrogens is 289 g/mol. The van der Waals surface area contributed by atoms with E-state index in [0.29, 0.717) is 17.4 Å². The second-order valence-electron chi connectivity index (χ2n) is 3.42. The molecule has 0 fully saturated rings. The molecule has 1 aromatic carbocycles. The highest BCUT2D eigenvalue weighted by molar-refractivity contribution is 9.10. The lowest BCUT2D eigenvalue weighted by Crippen LogP contribution is -1.97. The van der Waals surface area contributed by atoms with Gasteiger partial charge in [-0.05, 0) is 18.6 Å². The van der Waals surface area contributed by atoms with Crippen molar-refractivity contribution in [2.75, 3.05) is 6.61 Å². The Morgan fingerprint density at radius 3 is 3.06 bits per heavy atom. The van der Waals surface area contributed by atoms with E-state index in [-0.39, 0.29) is 0 Å². The molecule has 0 aliphatic carbocycles. The van der Waals surface area contributed by atoms with Gasteiger partial charge in [-0.3, -0.25) is 4.98 Å². The van der Waals surface area contributed by atoms with E-state index in [0.717, 1.165) is 21.8 Å². The van der Waals surface area contributed by atoms with Crippen LogP contribution in [0.25, 0.3) is 10.9 Å². The summed E-state index contributed by atoms with van der Waals surface area (Å²) < 4.78 is 6.57. The average molecular weight is 301 g/mol. The van der Waals surface area contributed by atoms with Gasteiger partial charge in [-0.25, -0.2) is 0 Å². The number of halogens is 2. The Bertz CT molecular complexity index is 516. The molecule has 84 valence electrons. The maximum Gasteiger partial charge on any atom is 0.164 e. The molecule has 0 N–H and O–H groups in total. The molecule has 0 aliphatic heterocycles. The van der Waals surface area contributed by atoms with Crippen molar-refractivity contribution < 1.29 is 4.74 Å². The van der Waals surface area contributed by atoms with Gasteiger partial charge < -0.3 is 4.74 Å². The molecule has 0 radical (unpaired) electrons. The van der Waals surface area contributed by atoms with E-state index in [4.69, 9.17) is 16.3 Å². The summed E-state index contributed by atoms with van der Waals surface area (Å²) in [4.78, 5) is 4.32. The molecule has 4 heteroatoms. The molecule has 1 heterocycles. The van der Waals surface area contributed by atoms with Crippen LogP contribution in [0.5, 0.6) is 5.75 Å². The molecule has 0 amide bonds. The molecule has 0 atom stereocenters. The number of aromatic nitrogens is 1. The van der Waals surface area contributed by atoms with E-state index in [2.05, 4.69) is 27.8 Å². The van der Waals surface area contributed by atoms with Crippen LogP contribution in [-0.4, -0.2) is 11.6 Å². The van der Waals surface area contributed by atoms with Crippen LogP contribution in [0, 0.1) is 0 Å². The molecule has 0 saturated heterocycles. The number of fused-ring (bicyclic) bond motifs is 1. The third kappa shape index (κ3) is 2.15. The number of rotatable bonds is 3. The third-order valence-corrected chi connectivity index (χ3v) is 3.14. The Labute approximate surface area is 108 Å². The lowest BCUT2D eigenvalue weighted by molar-refractivity contribution is 0.320. The smallest absolute Gasteiger partial charge is 0.164 e. The number of nitrogens with zero attached hydrogens (tertiary/aromatic N) is 1. The van der Waals surface area contributed by atoms with Crippen molar-refractivity contribution in [3.8, 4) is 5.75 Å². The van der Waals surface area contributed by atoms with Gasteiger partial charge >= 0.3 is 0 Å². The average Bonchev–Trinajstić information content (AvgIpc) is 2.29. The summed E-state index contributed by atoms with van der Waals surface area (Å²) >= 11 is 9.62. The summed E-state index contributed by atoms with van der Waals surface area (Å²) in [6, 6.07) is 5.72. The second-order valence-corrected chi connectivity index (χ2v) is 4.68. The maximum atomic E-state index is 6.15. The van der Waals surface area contributed by atoms with Gasteiger partial charge in [-0.15, -0.1) is 0 Å². The fourth-order valence-electron chi connectivity index (χ4n) is 1.49. The van der Waals surface area contributed by atoms with Gasteiger partial charge in [-0.2, -0.15) is 0 Å². The SMILES string of the molecule is CCCOc1c(Cl)cc(Br)c2cccnc12. The zero-order valence-electron chi connectivity index (χ0n) is 8.84. The van der Waals surface area contributed by atoms with Gasteiger partial charge in [0.1, 0.15) is 5.52 Å². The fourth-order valence-corrected chi connectivity index (χ4v) is 2.42. The minimum Gasteiger partial charge on any atom is -0.490 e. The minimum atomic E-state index is 0.589. The molecule has 2 aromatic rings. The number of pyridine rings is 1. The predicted molar refractivity (Wildman–Crippen MR) is 70.2 cm³/mol. The van der Waals surface area contributed by atoms with Crippen molar-refractivity contribution in [1.29, 1.82) is 0 Å². The first-order valence-corrected chi connectivity index (χ1v) is 6.26. The zero-order chi connectivity index (χ0) is 11.5. The van der Waals surface area contributed by atoms with Crippen molar-refractivity contribution >= 4 is 38.4 Å². The normalized spacial score (nSPS) is 10.7. The van der Waals surface area contributed by atoms with Crippen LogP contribution in [0.1, 0.15) is 13.3 Å². The fraction of sp³-hybridized carbons (Fsp3) is 0.250. The van der Waals surface area contributed by atoms with Gasteiger partial charge in [0.15, 0.2) is 5.75 Å². The standard InChI is InChI=1S/C12H11BrClNO/c1-2-6-16-12-10(14)7-9(13)8-4-3-5-15-11(8)12/h3-5,7H,2,6H2,1H3.